The van der Waals surface area contributed by atoms with E-state index in [9.17, 15) is 9.59 Å². The molecule has 1 heterocycles. The molecule has 0 aliphatic heterocycles. The Kier molecular flexibility index (Phi) is 18.9. The number of benzene rings is 1. The van der Waals surface area contributed by atoms with Gasteiger partial charge in [-0.2, -0.15) is 0 Å². The lowest BCUT2D eigenvalue weighted by molar-refractivity contribution is -0.122. The smallest absolute Gasteiger partial charge is 0.273 e. The number of aromatic nitrogens is 2. The SMILES string of the molecule is CC(C)C.CC/C=C/NC.CCCN(C(=O)C(C)CC)c1cc(Nc2cccc(C(C)=N)c2OC)c(C(=O)NC)nn1. The first-order valence-electron chi connectivity index (χ1n) is 14.7. The van der Waals surface area contributed by atoms with E-state index >= 15 is 0 Å². The molecule has 0 saturated carbocycles. The van der Waals surface area contributed by atoms with Crippen LogP contribution in [0.15, 0.2) is 36.5 Å². The third kappa shape index (κ3) is 12.7. The van der Waals surface area contributed by atoms with E-state index in [-0.39, 0.29) is 17.5 Å². The number of para-hydroxylation sites is 1. The maximum Gasteiger partial charge on any atom is 0.273 e. The molecule has 1 atom stereocenters. The lowest BCUT2D eigenvalue weighted by atomic mass is 10.1. The summed E-state index contributed by atoms with van der Waals surface area (Å²) in [6.07, 6.45) is 6.57. The second-order valence-corrected chi connectivity index (χ2v) is 10.3. The van der Waals surface area contributed by atoms with Crippen LogP contribution in [0.5, 0.6) is 5.75 Å². The summed E-state index contributed by atoms with van der Waals surface area (Å²) in [7, 11) is 4.93. The molecule has 10 nitrogen and oxygen atoms in total. The molecule has 0 spiro atoms. The fourth-order valence-corrected chi connectivity index (χ4v) is 3.43. The van der Waals surface area contributed by atoms with Gasteiger partial charge in [-0.15, -0.1) is 10.2 Å². The minimum atomic E-state index is -0.416. The Balaban J connectivity index is 0.00000144. The van der Waals surface area contributed by atoms with Gasteiger partial charge in [-0.1, -0.05) is 60.6 Å². The zero-order valence-electron chi connectivity index (χ0n) is 27.5. The van der Waals surface area contributed by atoms with Crippen LogP contribution in [0, 0.1) is 17.2 Å². The highest BCUT2D eigenvalue weighted by Gasteiger charge is 2.24. The number of anilines is 3. The van der Waals surface area contributed by atoms with Crippen LogP contribution >= 0.6 is 0 Å². The van der Waals surface area contributed by atoms with E-state index < -0.39 is 5.91 Å². The van der Waals surface area contributed by atoms with Crippen molar-refractivity contribution in [2.24, 2.45) is 11.8 Å². The van der Waals surface area contributed by atoms with Gasteiger partial charge in [0.15, 0.2) is 17.3 Å². The Morgan fingerprint density at radius 1 is 1.07 bits per heavy atom. The van der Waals surface area contributed by atoms with Gasteiger partial charge in [-0.3, -0.25) is 14.5 Å². The van der Waals surface area contributed by atoms with Gasteiger partial charge in [0.2, 0.25) is 5.91 Å². The summed E-state index contributed by atoms with van der Waals surface area (Å²) in [6, 6.07) is 7.02. The molecule has 0 saturated heterocycles. The Morgan fingerprint density at radius 3 is 2.17 bits per heavy atom. The molecule has 0 radical (unpaired) electrons. The third-order valence-corrected chi connectivity index (χ3v) is 5.66. The van der Waals surface area contributed by atoms with E-state index in [1.807, 2.05) is 34.0 Å². The van der Waals surface area contributed by atoms with Crippen LogP contribution in [0.4, 0.5) is 17.2 Å². The molecule has 1 aromatic heterocycles. The second kappa shape index (κ2) is 20.9. The van der Waals surface area contributed by atoms with Crippen LogP contribution in [0.3, 0.4) is 0 Å². The molecule has 42 heavy (non-hydrogen) atoms. The number of hydrogen-bond acceptors (Lipinski definition) is 8. The molecule has 2 amide bonds. The van der Waals surface area contributed by atoms with Crippen LogP contribution < -0.4 is 25.6 Å². The largest absolute Gasteiger partial charge is 0.494 e. The van der Waals surface area contributed by atoms with Crippen LogP contribution in [0.1, 0.15) is 90.7 Å². The van der Waals surface area contributed by atoms with Crippen molar-refractivity contribution in [2.75, 3.05) is 38.0 Å². The predicted molar refractivity (Wildman–Crippen MR) is 175 cm³/mol. The topological polar surface area (TPSA) is 132 Å². The molecule has 0 bridgehead atoms. The van der Waals surface area contributed by atoms with Crippen molar-refractivity contribution in [3.05, 3.63) is 47.8 Å². The molecule has 2 rings (SSSR count). The zero-order chi connectivity index (χ0) is 32.2. The number of nitrogens with one attached hydrogen (secondary N) is 4. The minimum absolute atomic E-state index is 0.0405. The van der Waals surface area contributed by atoms with E-state index in [1.54, 1.807) is 36.1 Å². The number of ether oxygens (including phenoxy) is 1. The summed E-state index contributed by atoms with van der Waals surface area (Å²) in [5.41, 5.74) is 2.00. The Labute approximate surface area is 253 Å². The van der Waals surface area contributed by atoms with Crippen molar-refractivity contribution in [1.82, 2.24) is 20.8 Å². The van der Waals surface area contributed by atoms with Crippen LogP contribution in [-0.4, -0.2) is 55.5 Å². The fourth-order valence-electron chi connectivity index (χ4n) is 3.43. The van der Waals surface area contributed by atoms with Crippen molar-refractivity contribution < 1.29 is 14.3 Å². The summed E-state index contributed by atoms with van der Waals surface area (Å²) >= 11 is 0. The van der Waals surface area contributed by atoms with Crippen molar-refractivity contribution in [2.45, 2.75) is 74.7 Å². The maximum absolute atomic E-state index is 12.9. The maximum atomic E-state index is 12.9. The molecular formula is C32H53N7O3. The molecule has 10 heteroatoms. The lowest BCUT2D eigenvalue weighted by Gasteiger charge is -2.24. The van der Waals surface area contributed by atoms with Gasteiger partial charge in [0, 0.05) is 43.9 Å². The van der Waals surface area contributed by atoms with E-state index in [2.05, 4.69) is 59.9 Å². The number of nitrogens with zero attached hydrogens (tertiary/aromatic N) is 3. The normalized spacial score (nSPS) is 11.0. The molecule has 2 aromatic rings. The summed E-state index contributed by atoms with van der Waals surface area (Å²) in [5, 5.41) is 25.0. The minimum Gasteiger partial charge on any atom is -0.494 e. The number of allylic oxidation sites excluding steroid dienone is 1. The van der Waals surface area contributed by atoms with Gasteiger partial charge in [0.05, 0.1) is 18.5 Å². The molecule has 0 aliphatic carbocycles. The van der Waals surface area contributed by atoms with Crippen LogP contribution in [-0.2, 0) is 4.79 Å². The number of methoxy groups -OCH3 is 1. The first-order valence-corrected chi connectivity index (χ1v) is 14.7. The van der Waals surface area contributed by atoms with Gasteiger partial charge in [-0.25, -0.2) is 0 Å². The molecule has 1 aromatic carbocycles. The number of carbonyl (C=O) groups is 2. The standard InChI is InChI=1S/C23H32N6O3.C5H11N.C4H10/c1-7-12-29(23(31)14(3)8-2)19-13-18(20(28-27-19)22(30)25-5)26-17-11-9-10-16(15(4)24)21(17)32-6;1-3-4-5-6-2;1-4(2)3/h9-11,13-14,24H,7-8,12H2,1-6H3,(H,25,30)(H,26,27);4-6H,3H2,1-2H3;4H,1-3H3/b;5-4+;. The first-order chi connectivity index (χ1) is 19.9. The van der Waals surface area contributed by atoms with Gasteiger partial charge in [0.1, 0.15) is 0 Å². The second-order valence-electron chi connectivity index (χ2n) is 10.3. The summed E-state index contributed by atoms with van der Waals surface area (Å²) < 4.78 is 5.53. The quantitative estimate of drug-likeness (QED) is 0.208. The monoisotopic (exact) mass is 583 g/mol. The van der Waals surface area contributed by atoms with Crippen LogP contribution in [0.25, 0.3) is 0 Å². The highest BCUT2D eigenvalue weighted by Crippen LogP contribution is 2.33. The Morgan fingerprint density at radius 2 is 1.71 bits per heavy atom. The van der Waals surface area contributed by atoms with E-state index in [0.29, 0.717) is 47.2 Å². The summed E-state index contributed by atoms with van der Waals surface area (Å²) in [5.74, 6) is 1.06. The third-order valence-electron chi connectivity index (χ3n) is 5.66. The summed E-state index contributed by atoms with van der Waals surface area (Å²) in [6.45, 7) is 16.6. The molecule has 4 N–H and O–H groups in total. The fraction of sp³-hybridized carbons (Fsp3) is 0.531. The zero-order valence-corrected chi connectivity index (χ0v) is 27.5. The van der Waals surface area contributed by atoms with Gasteiger partial charge < -0.3 is 26.1 Å². The number of amides is 2. The van der Waals surface area contributed by atoms with Gasteiger partial charge >= 0.3 is 0 Å². The number of hydrogen-bond donors (Lipinski definition) is 4. The van der Waals surface area contributed by atoms with Crippen LogP contribution in [0.2, 0.25) is 0 Å². The number of rotatable bonds is 12. The summed E-state index contributed by atoms with van der Waals surface area (Å²) in [4.78, 5) is 27.0. The van der Waals surface area contributed by atoms with Crippen molar-refractivity contribution in [3.63, 3.8) is 0 Å². The van der Waals surface area contributed by atoms with Crippen molar-refractivity contribution >= 4 is 34.7 Å². The van der Waals surface area contributed by atoms with E-state index in [4.69, 9.17) is 10.1 Å². The molecule has 0 aliphatic rings. The highest BCUT2D eigenvalue weighted by molar-refractivity contribution is 6.02. The average molecular weight is 584 g/mol. The highest BCUT2D eigenvalue weighted by atomic mass is 16.5. The predicted octanol–water partition coefficient (Wildman–Crippen LogP) is 6.56. The average Bonchev–Trinajstić information content (AvgIpc) is 2.97. The van der Waals surface area contributed by atoms with Gasteiger partial charge in [0.25, 0.3) is 5.91 Å². The van der Waals surface area contributed by atoms with E-state index in [0.717, 1.165) is 18.8 Å². The molecule has 0 fully saturated rings. The lowest BCUT2D eigenvalue weighted by Crippen LogP contribution is -2.36. The molecular weight excluding hydrogens is 530 g/mol. The van der Waals surface area contributed by atoms with Crippen molar-refractivity contribution in [3.8, 4) is 5.75 Å². The van der Waals surface area contributed by atoms with Gasteiger partial charge in [-0.05, 0) is 50.4 Å². The van der Waals surface area contributed by atoms with E-state index in [1.165, 1.54) is 14.2 Å². The Bertz CT molecular complexity index is 1140. The molecule has 1 unspecified atom stereocenters. The number of carbonyl (C=O) groups excluding carboxylic acids is 2. The molecule has 234 valence electrons. The Hall–Kier alpha value is -3.95. The van der Waals surface area contributed by atoms with Crippen molar-refractivity contribution in [1.29, 1.82) is 5.41 Å². The first kappa shape index (κ1) is 38.0.